The Bertz CT molecular complexity index is 293. The molecular formula is C12H24N4. The molecule has 1 N–H and O–H groups in total. The van der Waals surface area contributed by atoms with Crippen molar-refractivity contribution in [3.8, 4) is 0 Å². The van der Waals surface area contributed by atoms with E-state index in [-0.39, 0.29) is 0 Å². The highest BCUT2D eigenvalue weighted by molar-refractivity contribution is 5.03. The number of hydrogen-bond donors (Lipinski definition) is 1. The lowest BCUT2D eigenvalue weighted by Gasteiger charge is -2.17. The molecule has 0 saturated carbocycles. The molecule has 0 radical (unpaired) electrons. The van der Waals surface area contributed by atoms with Crippen molar-refractivity contribution in [1.29, 1.82) is 0 Å². The van der Waals surface area contributed by atoms with Crippen LogP contribution in [0, 0.1) is 0 Å². The summed E-state index contributed by atoms with van der Waals surface area (Å²) in [5, 5.41) is 7.80. The van der Waals surface area contributed by atoms with E-state index >= 15 is 0 Å². The molecule has 1 rings (SSSR count). The summed E-state index contributed by atoms with van der Waals surface area (Å²) in [6.07, 6.45) is 5.20. The fourth-order valence-electron chi connectivity index (χ4n) is 1.75. The van der Waals surface area contributed by atoms with Crippen molar-refractivity contribution in [2.45, 2.75) is 39.4 Å². The van der Waals surface area contributed by atoms with Crippen LogP contribution >= 0.6 is 0 Å². The van der Waals surface area contributed by atoms with Crippen LogP contribution in [0.1, 0.15) is 25.8 Å². The van der Waals surface area contributed by atoms with E-state index in [0.717, 1.165) is 26.1 Å². The van der Waals surface area contributed by atoms with Crippen LogP contribution in [-0.2, 0) is 13.1 Å². The number of aryl methyl sites for hydroxylation is 1. The fraction of sp³-hybridized carbons (Fsp3) is 0.750. The first-order chi connectivity index (χ1) is 7.61. The smallest absolute Gasteiger partial charge is 0.0534 e. The van der Waals surface area contributed by atoms with Gasteiger partial charge in [-0.25, -0.2) is 0 Å². The molecule has 0 aliphatic heterocycles. The predicted octanol–water partition coefficient (Wildman–Crippen LogP) is 1.33. The number of likely N-dealkylation sites (N-methyl/N-ethyl adjacent to an activating group) is 1. The van der Waals surface area contributed by atoms with Crippen LogP contribution in [0.15, 0.2) is 12.4 Å². The molecule has 0 bridgehead atoms. The Balaban J connectivity index is 2.30. The Morgan fingerprint density at radius 1 is 1.50 bits per heavy atom. The van der Waals surface area contributed by atoms with Gasteiger partial charge in [0.05, 0.1) is 6.20 Å². The first-order valence-corrected chi connectivity index (χ1v) is 6.01. The summed E-state index contributed by atoms with van der Waals surface area (Å²) in [7, 11) is 4.19. The third kappa shape index (κ3) is 4.77. The van der Waals surface area contributed by atoms with E-state index in [0.29, 0.717) is 6.04 Å². The minimum atomic E-state index is 0.504. The maximum absolute atomic E-state index is 4.31. The highest BCUT2D eigenvalue weighted by Crippen LogP contribution is 1.99. The molecule has 1 atom stereocenters. The highest BCUT2D eigenvalue weighted by Gasteiger charge is 2.03. The second-order valence-electron chi connectivity index (χ2n) is 4.66. The lowest BCUT2D eigenvalue weighted by molar-refractivity contribution is 0.349. The molecule has 0 saturated heterocycles. The Morgan fingerprint density at radius 3 is 2.88 bits per heavy atom. The van der Waals surface area contributed by atoms with Crippen molar-refractivity contribution in [2.24, 2.45) is 0 Å². The standard InChI is InChI=1S/C12H24N4/c1-5-6-16-10-12(8-14-16)7-13-11(2)9-15(3)4/h8,10-11,13H,5-7,9H2,1-4H3. The SMILES string of the molecule is CCCn1cc(CNC(C)CN(C)C)cn1. The van der Waals surface area contributed by atoms with E-state index < -0.39 is 0 Å². The van der Waals surface area contributed by atoms with E-state index in [9.17, 15) is 0 Å². The zero-order valence-electron chi connectivity index (χ0n) is 10.9. The van der Waals surface area contributed by atoms with Crippen LogP contribution < -0.4 is 5.32 Å². The van der Waals surface area contributed by atoms with Crippen LogP contribution in [0.3, 0.4) is 0 Å². The molecule has 1 aromatic rings. The van der Waals surface area contributed by atoms with Gasteiger partial charge < -0.3 is 10.2 Å². The third-order valence-electron chi connectivity index (χ3n) is 2.43. The van der Waals surface area contributed by atoms with Crippen molar-refractivity contribution in [2.75, 3.05) is 20.6 Å². The third-order valence-corrected chi connectivity index (χ3v) is 2.43. The summed E-state index contributed by atoms with van der Waals surface area (Å²) in [5.41, 5.74) is 1.26. The molecule has 16 heavy (non-hydrogen) atoms. The van der Waals surface area contributed by atoms with Gasteiger partial charge in [0, 0.05) is 37.4 Å². The zero-order chi connectivity index (χ0) is 12.0. The van der Waals surface area contributed by atoms with E-state index in [1.807, 2.05) is 10.9 Å². The van der Waals surface area contributed by atoms with E-state index in [4.69, 9.17) is 0 Å². The minimum absolute atomic E-state index is 0.504. The average Bonchev–Trinajstić information content (AvgIpc) is 2.62. The Labute approximate surface area is 98.6 Å². The molecule has 1 heterocycles. The summed E-state index contributed by atoms with van der Waals surface area (Å²) < 4.78 is 2.01. The molecule has 1 unspecified atom stereocenters. The maximum Gasteiger partial charge on any atom is 0.0534 e. The molecule has 0 aromatic carbocycles. The van der Waals surface area contributed by atoms with Crippen LogP contribution in [0.2, 0.25) is 0 Å². The molecule has 92 valence electrons. The largest absolute Gasteiger partial charge is 0.309 e. The summed E-state index contributed by atoms with van der Waals surface area (Å²) in [6.45, 7) is 7.34. The summed E-state index contributed by atoms with van der Waals surface area (Å²) in [4.78, 5) is 2.19. The van der Waals surface area contributed by atoms with Crippen molar-refractivity contribution in [3.05, 3.63) is 18.0 Å². The van der Waals surface area contributed by atoms with Gasteiger partial charge in [0.1, 0.15) is 0 Å². The second kappa shape index (κ2) is 6.66. The van der Waals surface area contributed by atoms with Crippen LogP contribution in [0.5, 0.6) is 0 Å². The van der Waals surface area contributed by atoms with Crippen molar-refractivity contribution < 1.29 is 0 Å². The van der Waals surface area contributed by atoms with Gasteiger partial charge in [-0.05, 0) is 27.4 Å². The number of rotatable bonds is 7. The lowest BCUT2D eigenvalue weighted by atomic mass is 10.3. The molecule has 0 spiro atoms. The predicted molar refractivity (Wildman–Crippen MR) is 67.4 cm³/mol. The molecule has 1 aromatic heterocycles. The van der Waals surface area contributed by atoms with Crippen LogP contribution in [-0.4, -0.2) is 41.4 Å². The van der Waals surface area contributed by atoms with Crippen LogP contribution in [0.25, 0.3) is 0 Å². The quantitative estimate of drug-likeness (QED) is 0.758. The first-order valence-electron chi connectivity index (χ1n) is 6.01. The summed E-state index contributed by atoms with van der Waals surface area (Å²) in [6, 6.07) is 0.504. The Hall–Kier alpha value is -0.870. The van der Waals surface area contributed by atoms with E-state index in [1.54, 1.807) is 0 Å². The van der Waals surface area contributed by atoms with Gasteiger partial charge in [-0.3, -0.25) is 4.68 Å². The minimum Gasteiger partial charge on any atom is -0.309 e. The Kier molecular flexibility index (Phi) is 5.49. The molecule has 4 heteroatoms. The van der Waals surface area contributed by atoms with Crippen LogP contribution in [0.4, 0.5) is 0 Å². The molecule has 4 nitrogen and oxygen atoms in total. The summed E-state index contributed by atoms with van der Waals surface area (Å²) >= 11 is 0. The zero-order valence-corrected chi connectivity index (χ0v) is 10.9. The first kappa shape index (κ1) is 13.2. The van der Waals surface area contributed by atoms with Gasteiger partial charge in [-0.2, -0.15) is 5.10 Å². The second-order valence-corrected chi connectivity index (χ2v) is 4.66. The average molecular weight is 224 g/mol. The fourth-order valence-corrected chi connectivity index (χ4v) is 1.75. The molecule has 0 aliphatic carbocycles. The number of aromatic nitrogens is 2. The van der Waals surface area contributed by atoms with Gasteiger partial charge >= 0.3 is 0 Å². The number of nitrogens with one attached hydrogen (secondary N) is 1. The highest BCUT2D eigenvalue weighted by atomic mass is 15.3. The number of hydrogen-bond acceptors (Lipinski definition) is 3. The van der Waals surface area contributed by atoms with Crippen molar-refractivity contribution in [3.63, 3.8) is 0 Å². The molecule has 0 amide bonds. The van der Waals surface area contributed by atoms with Gasteiger partial charge in [0.15, 0.2) is 0 Å². The van der Waals surface area contributed by atoms with E-state index in [2.05, 4.69) is 49.5 Å². The normalized spacial score (nSPS) is 13.3. The van der Waals surface area contributed by atoms with Gasteiger partial charge in [0.25, 0.3) is 0 Å². The van der Waals surface area contributed by atoms with Crippen molar-refractivity contribution >= 4 is 0 Å². The molecule has 0 fully saturated rings. The topological polar surface area (TPSA) is 33.1 Å². The monoisotopic (exact) mass is 224 g/mol. The maximum atomic E-state index is 4.31. The van der Waals surface area contributed by atoms with Crippen molar-refractivity contribution in [1.82, 2.24) is 20.0 Å². The molecular weight excluding hydrogens is 200 g/mol. The van der Waals surface area contributed by atoms with Gasteiger partial charge in [-0.15, -0.1) is 0 Å². The van der Waals surface area contributed by atoms with Gasteiger partial charge in [0.2, 0.25) is 0 Å². The Morgan fingerprint density at radius 2 is 2.25 bits per heavy atom. The lowest BCUT2D eigenvalue weighted by Crippen LogP contribution is -2.35. The summed E-state index contributed by atoms with van der Waals surface area (Å²) in [5.74, 6) is 0. The molecule has 0 aliphatic rings. The van der Waals surface area contributed by atoms with E-state index in [1.165, 1.54) is 5.56 Å². The number of nitrogens with zero attached hydrogens (tertiary/aromatic N) is 3. The van der Waals surface area contributed by atoms with Gasteiger partial charge in [-0.1, -0.05) is 6.92 Å².